The molecule has 1 atom stereocenters. The summed E-state index contributed by atoms with van der Waals surface area (Å²) in [6.45, 7) is -2.00. The Balaban J connectivity index is 3.37. The van der Waals surface area contributed by atoms with Crippen molar-refractivity contribution in [3.8, 4) is 5.75 Å². The average molecular weight is 277 g/mol. The van der Waals surface area contributed by atoms with Crippen LogP contribution >= 0.6 is 0 Å². The van der Waals surface area contributed by atoms with Crippen molar-refractivity contribution in [2.45, 2.75) is 19.6 Å². The largest absolute Gasteiger partial charge is 0.479 e. The highest BCUT2D eigenvalue weighted by molar-refractivity contribution is 5.75. The van der Waals surface area contributed by atoms with Crippen molar-refractivity contribution in [2.24, 2.45) is 0 Å². The molecule has 0 amide bonds. The van der Waals surface area contributed by atoms with Crippen LogP contribution in [0.5, 0.6) is 5.75 Å². The monoisotopic (exact) mass is 277 g/mol. The molecule has 0 saturated heterocycles. The second kappa shape index (κ2) is 5.57. The van der Waals surface area contributed by atoms with Gasteiger partial charge in [-0.3, -0.25) is 10.1 Å². The van der Waals surface area contributed by atoms with Gasteiger partial charge in [0.25, 0.3) is 0 Å². The molecule has 0 heterocycles. The van der Waals surface area contributed by atoms with Gasteiger partial charge in [0.1, 0.15) is 0 Å². The van der Waals surface area contributed by atoms with Crippen molar-refractivity contribution in [2.75, 3.05) is 0 Å². The fourth-order valence-corrected chi connectivity index (χ4v) is 1.45. The van der Waals surface area contributed by atoms with Crippen molar-refractivity contribution in [3.05, 3.63) is 33.4 Å². The number of hydrogen-bond donors (Lipinski definition) is 2. The lowest BCUT2D eigenvalue weighted by Gasteiger charge is -2.12. The molecule has 0 aliphatic heterocycles. The normalized spacial score (nSPS) is 12.3. The molecule has 7 nitrogen and oxygen atoms in total. The zero-order valence-corrected chi connectivity index (χ0v) is 9.54. The molecule has 0 aliphatic rings. The number of carbonyl (C=O) groups is 1. The maximum Gasteiger partial charge on any atom is 0.387 e. The molecule has 0 spiro atoms. The molecule has 1 unspecified atom stereocenters. The smallest absolute Gasteiger partial charge is 0.387 e. The number of aliphatic carboxylic acids is 1. The van der Waals surface area contributed by atoms with Gasteiger partial charge >= 0.3 is 18.3 Å². The molecule has 1 aromatic rings. The predicted octanol–water partition coefficient (Wildman–Crippen LogP) is 1.62. The summed E-state index contributed by atoms with van der Waals surface area (Å²) in [5.41, 5.74) is -0.920. The summed E-state index contributed by atoms with van der Waals surface area (Å²) in [5, 5.41) is 28.7. The fourth-order valence-electron chi connectivity index (χ4n) is 1.45. The average Bonchev–Trinajstić information content (AvgIpc) is 2.28. The number of ether oxygens (including phenoxy) is 1. The predicted molar refractivity (Wildman–Crippen MR) is 57.1 cm³/mol. The van der Waals surface area contributed by atoms with E-state index in [1.807, 2.05) is 0 Å². The van der Waals surface area contributed by atoms with Crippen LogP contribution in [-0.2, 0) is 4.79 Å². The van der Waals surface area contributed by atoms with Gasteiger partial charge in [-0.1, -0.05) is 0 Å². The molecule has 0 aromatic heterocycles. The first-order valence-corrected chi connectivity index (χ1v) is 4.88. The van der Waals surface area contributed by atoms with Crippen molar-refractivity contribution >= 4 is 11.7 Å². The highest BCUT2D eigenvalue weighted by Gasteiger charge is 2.26. The molecule has 2 N–H and O–H groups in total. The van der Waals surface area contributed by atoms with Crippen LogP contribution in [0, 0.1) is 17.0 Å². The Labute approximate surface area is 105 Å². The first-order valence-electron chi connectivity index (χ1n) is 4.88. The van der Waals surface area contributed by atoms with Crippen molar-refractivity contribution in [1.82, 2.24) is 0 Å². The van der Waals surface area contributed by atoms with Gasteiger partial charge in [-0.2, -0.15) is 8.78 Å². The van der Waals surface area contributed by atoms with Gasteiger partial charge in [0.2, 0.25) is 5.75 Å². The third-order valence-corrected chi connectivity index (χ3v) is 2.29. The van der Waals surface area contributed by atoms with Gasteiger partial charge in [-0.25, -0.2) is 4.79 Å². The lowest BCUT2D eigenvalue weighted by atomic mass is 10.0. The van der Waals surface area contributed by atoms with E-state index in [0.29, 0.717) is 0 Å². The van der Waals surface area contributed by atoms with Crippen LogP contribution in [0.3, 0.4) is 0 Å². The molecule has 1 aromatic carbocycles. The number of aliphatic hydroxyl groups is 1. The van der Waals surface area contributed by atoms with E-state index < -0.39 is 35.0 Å². The number of nitro groups is 1. The van der Waals surface area contributed by atoms with Crippen LogP contribution in [-0.4, -0.2) is 27.7 Å². The third-order valence-electron chi connectivity index (χ3n) is 2.29. The van der Waals surface area contributed by atoms with E-state index in [1.165, 1.54) is 6.92 Å². The SMILES string of the molecule is Cc1cc([N+](=O)[O-])c(OC(F)F)cc1C(O)C(=O)O. The Morgan fingerprint density at radius 1 is 1.47 bits per heavy atom. The van der Waals surface area contributed by atoms with E-state index >= 15 is 0 Å². The van der Waals surface area contributed by atoms with Crippen LogP contribution in [0.4, 0.5) is 14.5 Å². The van der Waals surface area contributed by atoms with Gasteiger partial charge in [0.05, 0.1) is 4.92 Å². The summed E-state index contributed by atoms with van der Waals surface area (Å²) in [6.07, 6.45) is -1.99. The highest BCUT2D eigenvalue weighted by Crippen LogP contribution is 2.34. The quantitative estimate of drug-likeness (QED) is 0.625. The Hall–Kier alpha value is -2.29. The number of hydrogen-bond acceptors (Lipinski definition) is 5. The standard InChI is InChI=1S/C10H9F2NO6/c1-4-2-6(13(17)18)7(19-10(11)12)3-5(4)8(14)9(15)16/h2-3,8,10,14H,1H3,(H,15,16). The number of carboxylic acid groups (broad SMARTS) is 1. The van der Waals surface area contributed by atoms with E-state index in [0.717, 1.165) is 12.1 Å². The van der Waals surface area contributed by atoms with Crippen LogP contribution < -0.4 is 4.74 Å². The number of nitro benzene ring substituents is 1. The number of aliphatic hydroxyl groups excluding tert-OH is 1. The van der Waals surface area contributed by atoms with E-state index in [-0.39, 0.29) is 11.1 Å². The molecule has 0 bridgehead atoms. The molecule has 9 heteroatoms. The lowest BCUT2D eigenvalue weighted by Crippen LogP contribution is -2.13. The summed E-state index contributed by atoms with van der Waals surface area (Å²) < 4.78 is 28.2. The topological polar surface area (TPSA) is 110 Å². The number of benzene rings is 1. The van der Waals surface area contributed by atoms with Gasteiger partial charge in [0.15, 0.2) is 6.10 Å². The highest BCUT2D eigenvalue weighted by atomic mass is 19.3. The summed E-state index contributed by atoms with van der Waals surface area (Å²) in [4.78, 5) is 20.4. The van der Waals surface area contributed by atoms with Crippen LogP contribution in [0.25, 0.3) is 0 Å². The lowest BCUT2D eigenvalue weighted by molar-refractivity contribution is -0.386. The Morgan fingerprint density at radius 3 is 2.47 bits per heavy atom. The molecular weight excluding hydrogens is 268 g/mol. The fraction of sp³-hybridized carbons (Fsp3) is 0.300. The minimum absolute atomic E-state index is 0.0724. The molecule has 0 radical (unpaired) electrons. The maximum absolute atomic E-state index is 12.1. The Morgan fingerprint density at radius 2 is 2.05 bits per heavy atom. The minimum atomic E-state index is -3.31. The van der Waals surface area contributed by atoms with Crippen LogP contribution in [0.1, 0.15) is 17.2 Å². The number of carboxylic acids is 1. The second-order valence-electron chi connectivity index (χ2n) is 3.55. The summed E-state index contributed by atoms with van der Waals surface area (Å²) >= 11 is 0. The van der Waals surface area contributed by atoms with Gasteiger partial charge in [0, 0.05) is 6.07 Å². The molecule has 0 saturated carbocycles. The number of nitrogens with zero attached hydrogens (tertiary/aromatic N) is 1. The number of alkyl halides is 2. The molecular formula is C10H9F2NO6. The summed E-state index contributed by atoms with van der Waals surface area (Å²) in [7, 11) is 0. The first kappa shape index (κ1) is 14.8. The zero-order valence-electron chi connectivity index (χ0n) is 9.54. The van der Waals surface area contributed by atoms with Crippen molar-refractivity contribution in [3.63, 3.8) is 0 Å². The van der Waals surface area contributed by atoms with Crippen LogP contribution in [0.2, 0.25) is 0 Å². The second-order valence-corrected chi connectivity index (χ2v) is 3.55. The summed E-state index contributed by atoms with van der Waals surface area (Å²) in [5.74, 6) is -2.42. The van der Waals surface area contributed by atoms with Crippen molar-refractivity contribution < 1.29 is 33.4 Å². The molecule has 104 valence electrons. The number of halogens is 2. The third kappa shape index (κ3) is 3.35. The molecule has 19 heavy (non-hydrogen) atoms. The number of aryl methyl sites for hydroxylation is 1. The van der Waals surface area contributed by atoms with E-state index in [2.05, 4.69) is 4.74 Å². The Bertz CT molecular complexity index is 519. The van der Waals surface area contributed by atoms with Gasteiger partial charge < -0.3 is 14.9 Å². The van der Waals surface area contributed by atoms with E-state index in [1.54, 1.807) is 0 Å². The molecule has 0 aliphatic carbocycles. The Kier molecular flexibility index (Phi) is 4.33. The molecule has 0 fully saturated rings. The number of rotatable bonds is 5. The minimum Gasteiger partial charge on any atom is -0.479 e. The van der Waals surface area contributed by atoms with Gasteiger partial charge in [-0.15, -0.1) is 0 Å². The first-order chi connectivity index (χ1) is 8.73. The van der Waals surface area contributed by atoms with E-state index in [4.69, 9.17) is 5.11 Å². The van der Waals surface area contributed by atoms with Crippen molar-refractivity contribution in [1.29, 1.82) is 0 Å². The van der Waals surface area contributed by atoms with E-state index in [9.17, 15) is 28.8 Å². The maximum atomic E-state index is 12.1. The molecule has 1 rings (SSSR count). The van der Waals surface area contributed by atoms with Gasteiger partial charge in [-0.05, 0) is 24.1 Å². The zero-order chi connectivity index (χ0) is 14.7. The summed E-state index contributed by atoms with van der Waals surface area (Å²) in [6, 6.07) is 1.58. The van der Waals surface area contributed by atoms with Crippen LogP contribution in [0.15, 0.2) is 12.1 Å².